The molecule has 10 rings (SSSR count). The third kappa shape index (κ3) is 11.6. The Morgan fingerprint density at radius 3 is 1.09 bits per heavy atom. The Morgan fingerprint density at radius 2 is 0.709 bits per heavy atom. The summed E-state index contributed by atoms with van der Waals surface area (Å²) in [5.41, 5.74) is 16.8. The first-order valence-corrected chi connectivity index (χ1v) is 30.6. The molecule has 0 amide bonds. The normalized spacial score (nSPS) is 13.5. The molecular weight excluding hydrogens is 1070 g/mol. The second-order valence-electron chi connectivity index (χ2n) is 24.9. The maximum Gasteiger partial charge on any atom is 0.323 e. The molecule has 0 atom stereocenters. The van der Waals surface area contributed by atoms with Gasteiger partial charge in [0, 0.05) is 27.6 Å². The van der Waals surface area contributed by atoms with E-state index in [2.05, 4.69) is 169 Å². The maximum atomic E-state index is 12.2. The summed E-state index contributed by atoms with van der Waals surface area (Å²) in [4.78, 5) is 51.5. The van der Waals surface area contributed by atoms with Gasteiger partial charge >= 0.3 is 23.9 Å². The number of carboxylic acids is 4. The highest BCUT2D eigenvalue weighted by Crippen LogP contribution is 2.60. The summed E-state index contributed by atoms with van der Waals surface area (Å²) in [6.45, 7) is 11.6. The molecule has 0 spiro atoms. The molecule has 0 fully saturated rings. The molecule has 0 saturated carbocycles. The highest BCUT2D eigenvalue weighted by molar-refractivity contribution is 5.91. The van der Waals surface area contributed by atoms with Gasteiger partial charge in [0.25, 0.3) is 0 Å². The highest BCUT2D eigenvalue weighted by atomic mass is 16.4. The SMILES string of the molecule is CCCCCCC1(CCCCCC)c2cc(-c3ccc4c(c3)C(c3ccc(N(CC(=O)O)CC(=O)O)cc3)(c3ccc(N(CC(=O)O)CC(=O)O)cc3)c3cc(C(C)(C)c5ccccc5)ccc3-4)ccc2-c2ccc(C(C)(C)c3ccccc3)cc21. The Hall–Kier alpha value is -8.76. The van der Waals surface area contributed by atoms with Gasteiger partial charge < -0.3 is 30.2 Å². The van der Waals surface area contributed by atoms with Crippen molar-refractivity contribution in [3.63, 3.8) is 0 Å². The number of nitrogens with zero attached hydrogens (tertiary/aromatic N) is 2. The minimum absolute atomic E-state index is 0.225. The lowest BCUT2D eigenvalue weighted by Crippen LogP contribution is -2.35. The third-order valence-corrected chi connectivity index (χ3v) is 18.8. The molecule has 0 heterocycles. The van der Waals surface area contributed by atoms with Crippen molar-refractivity contribution in [3.8, 4) is 33.4 Å². The van der Waals surface area contributed by atoms with Gasteiger partial charge in [0.15, 0.2) is 0 Å². The summed E-state index contributed by atoms with van der Waals surface area (Å²) in [7, 11) is 0. The van der Waals surface area contributed by atoms with E-state index in [-0.39, 0.29) is 10.8 Å². The molecular formula is C76H80N2O8. The molecule has 442 valence electrons. The van der Waals surface area contributed by atoms with Gasteiger partial charge in [-0.15, -0.1) is 0 Å². The van der Waals surface area contributed by atoms with Crippen molar-refractivity contribution in [2.45, 2.75) is 127 Å². The van der Waals surface area contributed by atoms with Crippen molar-refractivity contribution in [2.24, 2.45) is 0 Å². The Kier molecular flexibility index (Phi) is 17.6. The van der Waals surface area contributed by atoms with Gasteiger partial charge in [-0.2, -0.15) is 0 Å². The quantitative estimate of drug-likeness (QED) is 0.0366. The monoisotopic (exact) mass is 1150 g/mol. The number of carbonyl (C=O) groups is 4. The van der Waals surface area contributed by atoms with Crippen LogP contribution in [0.4, 0.5) is 11.4 Å². The number of carboxylic acid groups (broad SMARTS) is 4. The van der Waals surface area contributed by atoms with E-state index in [1.165, 1.54) is 68.9 Å². The Balaban J connectivity index is 1.21. The third-order valence-electron chi connectivity index (χ3n) is 18.8. The molecule has 86 heavy (non-hydrogen) atoms. The van der Waals surface area contributed by atoms with E-state index in [1.807, 2.05) is 30.3 Å². The van der Waals surface area contributed by atoms with Crippen LogP contribution in [0.15, 0.2) is 182 Å². The summed E-state index contributed by atoms with van der Waals surface area (Å²) < 4.78 is 0. The molecule has 10 heteroatoms. The Labute approximate surface area is 506 Å². The lowest BCUT2D eigenvalue weighted by molar-refractivity contribution is -0.138. The summed E-state index contributed by atoms with van der Waals surface area (Å²) in [6, 6.07) is 64.2. The van der Waals surface area contributed by atoms with E-state index < -0.39 is 60.9 Å². The van der Waals surface area contributed by atoms with Gasteiger partial charge in [-0.1, -0.05) is 239 Å². The van der Waals surface area contributed by atoms with Gasteiger partial charge in [0.05, 0.1) is 5.41 Å². The van der Waals surface area contributed by atoms with Crippen LogP contribution in [0, 0.1) is 0 Å². The van der Waals surface area contributed by atoms with Crippen LogP contribution < -0.4 is 9.80 Å². The lowest BCUT2D eigenvalue weighted by Gasteiger charge is -2.36. The number of benzene rings is 8. The van der Waals surface area contributed by atoms with Gasteiger partial charge in [0.2, 0.25) is 0 Å². The molecule has 0 radical (unpaired) electrons. The van der Waals surface area contributed by atoms with Crippen LogP contribution in [-0.2, 0) is 40.8 Å². The predicted octanol–water partition coefficient (Wildman–Crippen LogP) is 16.5. The molecule has 8 aromatic rings. The van der Waals surface area contributed by atoms with Gasteiger partial charge in [0.1, 0.15) is 26.2 Å². The van der Waals surface area contributed by atoms with Crippen molar-refractivity contribution in [3.05, 3.63) is 238 Å². The molecule has 2 aliphatic rings. The zero-order chi connectivity index (χ0) is 61.0. The zero-order valence-electron chi connectivity index (χ0n) is 50.5. The molecule has 10 nitrogen and oxygen atoms in total. The topological polar surface area (TPSA) is 156 Å². The minimum atomic E-state index is -1.16. The summed E-state index contributed by atoms with van der Waals surface area (Å²) in [5.74, 6) is -4.65. The number of fused-ring (bicyclic) bond motifs is 6. The van der Waals surface area contributed by atoms with E-state index in [9.17, 15) is 39.6 Å². The van der Waals surface area contributed by atoms with E-state index in [0.717, 1.165) is 94.2 Å². The summed E-state index contributed by atoms with van der Waals surface area (Å²) >= 11 is 0. The van der Waals surface area contributed by atoms with Crippen molar-refractivity contribution in [2.75, 3.05) is 36.0 Å². The van der Waals surface area contributed by atoms with Crippen LogP contribution in [0.5, 0.6) is 0 Å². The number of hydrogen-bond acceptors (Lipinski definition) is 6. The lowest BCUT2D eigenvalue weighted by atomic mass is 9.66. The van der Waals surface area contributed by atoms with Crippen molar-refractivity contribution in [1.82, 2.24) is 0 Å². The molecule has 4 N–H and O–H groups in total. The minimum Gasteiger partial charge on any atom is -0.480 e. The summed E-state index contributed by atoms with van der Waals surface area (Å²) in [6.07, 6.45) is 11.3. The van der Waals surface area contributed by atoms with Crippen LogP contribution >= 0.6 is 0 Å². The Bertz CT molecular complexity index is 3650. The van der Waals surface area contributed by atoms with Crippen molar-refractivity contribution < 1.29 is 39.6 Å². The second-order valence-corrected chi connectivity index (χ2v) is 24.9. The van der Waals surface area contributed by atoms with Crippen molar-refractivity contribution >= 4 is 35.3 Å². The fraction of sp³-hybridized carbons (Fsp3) is 0.316. The van der Waals surface area contributed by atoms with E-state index in [0.29, 0.717) is 11.4 Å². The first-order chi connectivity index (χ1) is 41.3. The van der Waals surface area contributed by atoms with E-state index in [4.69, 9.17) is 0 Å². The van der Waals surface area contributed by atoms with E-state index >= 15 is 0 Å². The number of hydrogen-bond donors (Lipinski definition) is 4. The van der Waals surface area contributed by atoms with Crippen LogP contribution in [0.1, 0.15) is 161 Å². The van der Waals surface area contributed by atoms with Crippen LogP contribution in [0.2, 0.25) is 0 Å². The van der Waals surface area contributed by atoms with Gasteiger partial charge in [-0.25, -0.2) is 0 Å². The fourth-order valence-corrected chi connectivity index (χ4v) is 14.1. The van der Waals surface area contributed by atoms with Gasteiger partial charge in [-0.05, 0) is 138 Å². The number of rotatable bonds is 27. The number of anilines is 2. The average molecular weight is 1150 g/mol. The van der Waals surface area contributed by atoms with E-state index in [1.54, 1.807) is 24.3 Å². The first-order valence-electron chi connectivity index (χ1n) is 30.6. The number of unbranched alkanes of at least 4 members (excludes halogenated alkanes) is 6. The fourth-order valence-electron chi connectivity index (χ4n) is 14.1. The summed E-state index contributed by atoms with van der Waals surface area (Å²) in [5, 5.41) is 39.9. The van der Waals surface area contributed by atoms with Crippen molar-refractivity contribution in [1.29, 1.82) is 0 Å². The molecule has 0 bridgehead atoms. The maximum absolute atomic E-state index is 12.2. The molecule has 0 aromatic heterocycles. The van der Waals surface area contributed by atoms with Crippen LogP contribution in [0.3, 0.4) is 0 Å². The zero-order valence-corrected chi connectivity index (χ0v) is 50.5. The van der Waals surface area contributed by atoms with Crippen LogP contribution in [0.25, 0.3) is 33.4 Å². The number of aliphatic carboxylic acids is 4. The highest BCUT2D eigenvalue weighted by Gasteiger charge is 2.48. The largest absolute Gasteiger partial charge is 0.480 e. The standard InChI is InChI=1S/C76H80N2O8/c1-7-9-11-19-41-75(42-20-12-10-8-2)65-43-51(25-37-61(65)62-39-31-57(45-66(62)75)73(3,4)53-21-15-13-16-22-53)52-26-38-63-64-40-32-58(74(5,6)54-23-17-14-18-24-54)46-68(64)76(67(63)44-52,55-27-33-59(34-28-55)77(47-69(79)80)48-70(81)82)56-29-35-60(36-30-56)78(49-71(83)84)50-72(85)86/h13-18,21-40,43-46H,7-12,19-20,41-42,47-50H2,1-6H3,(H,79,80)(H,81,82)(H,83,84)(H,85,86). The predicted molar refractivity (Wildman–Crippen MR) is 345 cm³/mol. The molecule has 8 aromatic carbocycles. The van der Waals surface area contributed by atoms with Crippen LogP contribution in [-0.4, -0.2) is 70.5 Å². The molecule has 0 saturated heterocycles. The van der Waals surface area contributed by atoms with Gasteiger partial charge in [-0.3, -0.25) is 19.2 Å². The Morgan fingerprint density at radius 1 is 0.372 bits per heavy atom. The first kappa shape index (κ1) is 60.4. The average Bonchev–Trinajstić information content (AvgIpc) is 1.57. The molecule has 0 aliphatic heterocycles. The smallest absolute Gasteiger partial charge is 0.323 e. The second kappa shape index (κ2) is 25.1. The molecule has 0 unspecified atom stereocenters. The molecule has 2 aliphatic carbocycles.